The lowest BCUT2D eigenvalue weighted by Crippen LogP contribution is -2.50. The van der Waals surface area contributed by atoms with Gasteiger partial charge in [0, 0.05) is 35.4 Å². The Morgan fingerprint density at radius 3 is 2.50 bits per heavy atom. The summed E-state index contributed by atoms with van der Waals surface area (Å²) in [5.41, 5.74) is 0.146. The number of hydrogen-bond acceptors (Lipinski definition) is 6. The SMILES string of the molecule is CC(C)(C)OC(=O)N1CCN(c2ccc(NC(=O)c3cc4cc(Br)ccc4s3)cn2)CC1. The van der Waals surface area contributed by atoms with Crippen LogP contribution in [-0.4, -0.2) is 53.7 Å². The molecule has 0 spiro atoms. The summed E-state index contributed by atoms with van der Waals surface area (Å²) < 4.78 is 7.50. The number of thiophene rings is 1. The summed E-state index contributed by atoms with van der Waals surface area (Å²) in [6, 6.07) is 11.6. The number of piperazine rings is 1. The topological polar surface area (TPSA) is 74.8 Å². The maximum Gasteiger partial charge on any atom is 0.410 e. The molecule has 4 rings (SSSR count). The largest absolute Gasteiger partial charge is 0.444 e. The number of nitrogens with zero attached hydrogens (tertiary/aromatic N) is 3. The zero-order chi connectivity index (χ0) is 22.9. The molecule has 3 heterocycles. The molecule has 2 aromatic heterocycles. The zero-order valence-corrected chi connectivity index (χ0v) is 20.6. The summed E-state index contributed by atoms with van der Waals surface area (Å²) in [6.45, 7) is 8.11. The van der Waals surface area contributed by atoms with Crippen molar-refractivity contribution in [2.75, 3.05) is 36.4 Å². The molecule has 1 N–H and O–H groups in total. The number of nitrogens with one attached hydrogen (secondary N) is 1. The molecule has 1 saturated heterocycles. The van der Waals surface area contributed by atoms with E-state index in [0.717, 1.165) is 20.4 Å². The summed E-state index contributed by atoms with van der Waals surface area (Å²) in [4.78, 5) is 33.9. The number of halogens is 1. The molecular weight excluding hydrogens is 492 g/mol. The monoisotopic (exact) mass is 516 g/mol. The third kappa shape index (κ3) is 5.39. The van der Waals surface area contributed by atoms with Crippen LogP contribution in [0.25, 0.3) is 10.1 Å². The average Bonchev–Trinajstić information content (AvgIpc) is 3.17. The number of carbonyl (C=O) groups is 2. The molecule has 1 fully saturated rings. The quantitative estimate of drug-likeness (QED) is 0.506. The second-order valence-electron chi connectivity index (χ2n) is 8.61. The van der Waals surface area contributed by atoms with E-state index in [2.05, 4.69) is 31.1 Å². The van der Waals surface area contributed by atoms with Gasteiger partial charge < -0.3 is 19.9 Å². The lowest BCUT2D eigenvalue weighted by Gasteiger charge is -2.36. The van der Waals surface area contributed by atoms with E-state index in [9.17, 15) is 9.59 Å². The van der Waals surface area contributed by atoms with Crippen molar-refractivity contribution in [1.29, 1.82) is 0 Å². The van der Waals surface area contributed by atoms with Gasteiger partial charge in [-0.05, 0) is 62.6 Å². The number of pyridine rings is 1. The van der Waals surface area contributed by atoms with Crippen molar-refractivity contribution in [3.8, 4) is 0 Å². The highest BCUT2D eigenvalue weighted by molar-refractivity contribution is 9.10. The number of anilines is 2. The second kappa shape index (κ2) is 9.07. The van der Waals surface area contributed by atoms with E-state index >= 15 is 0 Å². The van der Waals surface area contributed by atoms with Gasteiger partial charge in [0.15, 0.2) is 0 Å². The van der Waals surface area contributed by atoms with Crippen molar-refractivity contribution in [2.24, 2.45) is 0 Å². The van der Waals surface area contributed by atoms with Gasteiger partial charge in [0.05, 0.1) is 16.8 Å². The van der Waals surface area contributed by atoms with Gasteiger partial charge in [-0.2, -0.15) is 0 Å². The Morgan fingerprint density at radius 1 is 1.09 bits per heavy atom. The Morgan fingerprint density at radius 2 is 1.84 bits per heavy atom. The van der Waals surface area contributed by atoms with Gasteiger partial charge in [-0.3, -0.25) is 4.79 Å². The molecule has 3 aromatic rings. The highest BCUT2D eigenvalue weighted by atomic mass is 79.9. The summed E-state index contributed by atoms with van der Waals surface area (Å²) in [6.07, 6.45) is 1.38. The lowest BCUT2D eigenvalue weighted by molar-refractivity contribution is 0.0240. The zero-order valence-electron chi connectivity index (χ0n) is 18.2. The van der Waals surface area contributed by atoms with Gasteiger partial charge in [0.25, 0.3) is 5.91 Å². The van der Waals surface area contributed by atoms with E-state index in [1.165, 1.54) is 11.3 Å². The lowest BCUT2D eigenvalue weighted by atomic mass is 10.2. The van der Waals surface area contributed by atoms with Crippen molar-refractivity contribution in [3.63, 3.8) is 0 Å². The molecule has 7 nitrogen and oxygen atoms in total. The highest BCUT2D eigenvalue weighted by Crippen LogP contribution is 2.29. The molecule has 0 saturated carbocycles. The third-order valence-corrected chi connectivity index (χ3v) is 6.57. The van der Waals surface area contributed by atoms with E-state index in [1.807, 2.05) is 57.2 Å². The molecule has 0 atom stereocenters. The normalized spacial score (nSPS) is 14.5. The van der Waals surface area contributed by atoms with Crippen molar-refractivity contribution >= 4 is 60.9 Å². The number of ether oxygens (including phenoxy) is 1. The maximum atomic E-state index is 12.7. The molecule has 0 aliphatic carbocycles. The van der Waals surface area contributed by atoms with Gasteiger partial charge in [-0.25, -0.2) is 9.78 Å². The van der Waals surface area contributed by atoms with Crippen LogP contribution in [0.5, 0.6) is 0 Å². The van der Waals surface area contributed by atoms with Crippen molar-refractivity contribution in [3.05, 3.63) is 51.9 Å². The summed E-state index contributed by atoms with van der Waals surface area (Å²) >= 11 is 4.92. The first-order valence-corrected chi connectivity index (χ1v) is 12.0. The minimum absolute atomic E-state index is 0.150. The van der Waals surface area contributed by atoms with E-state index in [0.29, 0.717) is 36.7 Å². The molecule has 1 aliphatic rings. The number of amides is 2. The van der Waals surface area contributed by atoms with Crippen LogP contribution in [0.4, 0.5) is 16.3 Å². The van der Waals surface area contributed by atoms with Crippen molar-refractivity contribution < 1.29 is 14.3 Å². The smallest absolute Gasteiger partial charge is 0.410 e. The number of fused-ring (bicyclic) bond motifs is 1. The number of rotatable bonds is 3. The molecule has 168 valence electrons. The van der Waals surface area contributed by atoms with Gasteiger partial charge in [0.2, 0.25) is 0 Å². The van der Waals surface area contributed by atoms with E-state index in [4.69, 9.17) is 4.74 Å². The molecule has 1 aliphatic heterocycles. The summed E-state index contributed by atoms with van der Waals surface area (Å²) in [5, 5.41) is 3.95. The fourth-order valence-corrected chi connectivity index (χ4v) is 4.73. The van der Waals surface area contributed by atoms with Gasteiger partial charge in [-0.15, -0.1) is 11.3 Å². The predicted octanol–water partition coefficient (Wildman–Crippen LogP) is 5.37. The van der Waals surface area contributed by atoms with Crippen LogP contribution in [-0.2, 0) is 4.74 Å². The average molecular weight is 517 g/mol. The number of hydrogen-bond donors (Lipinski definition) is 1. The first-order valence-electron chi connectivity index (χ1n) is 10.4. The fraction of sp³-hybridized carbons (Fsp3) is 0.348. The van der Waals surface area contributed by atoms with Crippen LogP contribution in [0.1, 0.15) is 30.4 Å². The molecule has 0 bridgehead atoms. The second-order valence-corrected chi connectivity index (χ2v) is 10.6. The molecule has 0 unspecified atom stereocenters. The van der Waals surface area contributed by atoms with Crippen molar-refractivity contribution in [1.82, 2.24) is 9.88 Å². The predicted molar refractivity (Wildman–Crippen MR) is 132 cm³/mol. The highest BCUT2D eigenvalue weighted by Gasteiger charge is 2.26. The fourth-order valence-electron chi connectivity index (χ4n) is 3.41. The van der Waals surface area contributed by atoms with E-state index in [1.54, 1.807) is 11.1 Å². The number of carbonyl (C=O) groups excluding carboxylic acids is 2. The third-order valence-electron chi connectivity index (χ3n) is 4.96. The number of benzene rings is 1. The Balaban J connectivity index is 1.34. The first kappa shape index (κ1) is 22.5. The van der Waals surface area contributed by atoms with Gasteiger partial charge in [0.1, 0.15) is 11.4 Å². The first-order chi connectivity index (χ1) is 15.2. The Bertz CT molecular complexity index is 1130. The molecule has 0 radical (unpaired) electrons. The Hall–Kier alpha value is -2.65. The molecule has 2 amide bonds. The van der Waals surface area contributed by atoms with Crippen LogP contribution in [0.15, 0.2) is 47.1 Å². The molecule has 1 aromatic carbocycles. The minimum Gasteiger partial charge on any atom is -0.444 e. The Kier molecular flexibility index (Phi) is 6.39. The van der Waals surface area contributed by atoms with E-state index < -0.39 is 5.60 Å². The maximum absolute atomic E-state index is 12.7. The van der Waals surface area contributed by atoms with Crippen LogP contribution in [0.2, 0.25) is 0 Å². The molecular formula is C23H25BrN4O3S. The van der Waals surface area contributed by atoms with Gasteiger partial charge >= 0.3 is 6.09 Å². The van der Waals surface area contributed by atoms with Crippen LogP contribution in [0.3, 0.4) is 0 Å². The number of aromatic nitrogens is 1. The van der Waals surface area contributed by atoms with Crippen LogP contribution < -0.4 is 10.2 Å². The van der Waals surface area contributed by atoms with Crippen LogP contribution >= 0.6 is 27.3 Å². The van der Waals surface area contributed by atoms with Crippen molar-refractivity contribution in [2.45, 2.75) is 26.4 Å². The van der Waals surface area contributed by atoms with E-state index in [-0.39, 0.29) is 12.0 Å². The van der Waals surface area contributed by atoms with Crippen LogP contribution in [0, 0.1) is 0 Å². The summed E-state index contributed by atoms with van der Waals surface area (Å²) in [5.74, 6) is 0.668. The Labute approximate surface area is 199 Å². The molecule has 32 heavy (non-hydrogen) atoms. The molecule has 9 heteroatoms. The summed E-state index contributed by atoms with van der Waals surface area (Å²) in [7, 11) is 0. The minimum atomic E-state index is -0.497. The standard InChI is InChI=1S/C23H25BrN4O3S/c1-23(2,3)31-22(30)28-10-8-27(9-11-28)20-7-5-17(14-25-20)26-21(29)19-13-15-12-16(24)4-6-18(15)32-19/h4-7,12-14H,8-11H2,1-3H3,(H,26,29). The van der Waals surface area contributed by atoms with Gasteiger partial charge in [-0.1, -0.05) is 15.9 Å².